The number of amides is 2. The van der Waals surface area contributed by atoms with Gasteiger partial charge in [0.1, 0.15) is 16.8 Å². The molecule has 36 heavy (non-hydrogen) atoms. The zero-order chi connectivity index (χ0) is 25.1. The van der Waals surface area contributed by atoms with Gasteiger partial charge in [-0.3, -0.25) is 9.59 Å². The van der Waals surface area contributed by atoms with Crippen molar-refractivity contribution in [2.24, 2.45) is 10.1 Å². The van der Waals surface area contributed by atoms with Gasteiger partial charge < -0.3 is 10.1 Å². The molecule has 2 atom stereocenters. The maximum atomic E-state index is 13.5. The Morgan fingerprint density at radius 2 is 1.81 bits per heavy atom. The normalized spacial score (nSPS) is 19.2. The Balaban J connectivity index is 1.36. The first-order chi connectivity index (χ1) is 17.5. The molecule has 2 aliphatic heterocycles. The molecule has 0 aromatic heterocycles. The third-order valence-electron chi connectivity index (χ3n) is 5.94. The van der Waals surface area contributed by atoms with Crippen molar-refractivity contribution in [3.05, 3.63) is 95.8 Å². The number of carbonyl (C=O) groups excluding carboxylic acids is 2. The fourth-order valence-electron chi connectivity index (χ4n) is 4.10. The van der Waals surface area contributed by atoms with Gasteiger partial charge >= 0.3 is 0 Å². The summed E-state index contributed by atoms with van der Waals surface area (Å²) < 4.78 is 18.8. The van der Waals surface area contributed by atoms with Crippen molar-refractivity contribution in [1.82, 2.24) is 5.01 Å². The molecule has 9 heteroatoms. The number of hydrogen-bond donors (Lipinski definition) is 1. The van der Waals surface area contributed by atoms with Crippen molar-refractivity contribution in [2.45, 2.75) is 24.1 Å². The van der Waals surface area contributed by atoms with Gasteiger partial charge in [-0.2, -0.15) is 10.1 Å². The van der Waals surface area contributed by atoms with Gasteiger partial charge in [0, 0.05) is 18.5 Å². The number of halogens is 1. The summed E-state index contributed by atoms with van der Waals surface area (Å²) in [4.78, 5) is 29.5. The molecular formula is C27H23FN4O3S. The van der Waals surface area contributed by atoms with Crippen molar-refractivity contribution in [2.75, 3.05) is 12.4 Å². The smallest absolute Gasteiger partial charge is 0.262 e. The predicted molar refractivity (Wildman–Crippen MR) is 139 cm³/mol. The van der Waals surface area contributed by atoms with Crippen LogP contribution in [0.15, 0.2) is 89.0 Å². The number of carbonyl (C=O) groups is 2. The number of aliphatic imine (C=N–C) groups is 1. The number of amidine groups is 1. The van der Waals surface area contributed by atoms with E-state index in [-0.39, 0.29) is 30.1 Å². The van der Waals surface area contributed by atoms with Gasteiger partial charge in [0.25, 0.3) is 5.91 Å². The van der Waals surface area contributed by atoms with E-state index in [0.29, 0.717) is 17.3 Å². The summed E-state index contributed by atoms with van der Waals surface area (Å²) in [6, 6.07) is 22.7. The number of para-hydroxylation sites is 1. The lowest BCUT2D eigenvalue weighted by molar-refractivity contribution is -0.121. The summed E-state index contributed by atoms with van der Waals surface area (Å²) in [5, 5.41) is 9.13. The molecule has 0 saturated carbocycles. The fourth-order valence-corrected chi connectivity index (χ4v) is 5.16. The molecule has 182 valence electrons. The summed E-state index contributed by atoms with van der Waals surface area (Å²) in [5.41, 5.74) is 3.20. The minimum atomic E-state index is -0.634. The average Bonchev–Trinajstić information content (AvgIpc) is 3.49. The van der Waals surface area contributed by atoms with Crippen LogP contribution < -0.4 is 10.1 Å². The van der Waals surface area contributed by atoms with Gasteiger partial charge in [-0.25, -0.2) is 9.40 Å². The summed E-state index contributed by atoms with van der Waals surface area (Å²) in [6.07, 6.45) is 0.547. The maximum Gasteiger partial charge on any atom is 0.262 e. The summed E-state index contributed by atoms with van der Waals surface area (Å²) >= 11 is 1.23. The Bertz CT molecular complexity index is 1330. The zero-order valence-electron chi connectivity index (χ0n) is 19.4. The first-order valence-electron chi connectivity index (χ1n) is 11.4. The van der Waals surface area contributed by atoms with Crippen molar-refractivity contribution in [3.63, 3.8) is 0 Å². The van der Waals surface area contributed by atoms with Gasteiger partial charge in [0.05, 0.1) is 18.9 Å². The molecule has 0 saturated heterocycles. The lowest BCUT2D eigenvalue weighted by Crippen LogP contribution is -2.25. The summed E-state index contributed by atoms with van der Waals surface area (Å²) in [7, 11) is 1.61. The molecule has 3 aromatic carbocycles. The second kappa shape index (κ2) is 10.3. The minimum absolute atomic E-state index is 0.000963. The predicted octanol–water partition coefficient (Wildman–Crippen LogP) is 5.01. The zero-order valence-corrected chi connectivity index (χ0v) is 20.2. The number of benzene rings is 3. The van der Waals surface area contributed by atoms with Crippen LogP contribution in [-0.4, -0.2) is 40.1 Å². The largest absolute Gasteiger partial charge is 0.497 e. The van der Waals surface area contributed by atoms with Crippen LogP contribution in [0.1, 0.15) is 30.0 Å². The van der Waals surface area contributed by atoms with E-state index in [1.807, 2.05) is 42.5 Å². The standard InChI is InChI=1S/C27H23FN4O3S/c1-35-21-13-9-18(10-14-21)23-15-22(17-7-11-19(28)12-8-17)31-32(23)27-30-26(34)24(36-27)16-25(33)29-20-5-3-2-4-6-20/h2-14,23-24H,15-16H2,1H3,(H,29,33)/t23-,24+/m1/s1. The van der Waals surface area contributed by atoms with Crippen LogP contribution in [-0.2, 0) is 9.59 Å². The molecule has 0 aliphatic carbocycles. The van der Waals surface area contributed by atoms with E-state index in [0.717, 1.165) is 22.6 Å². The third-order valence-corrected chi connectivity index (χ3v) is 7.08. The molecule has 7 nitrogen and oxygen atoms in total. The molecule has 2 amide bonds. The molecule has 5 rings (SSSR count). The second-order valence-electron chi connectivity index (χ2n) is 8.35. The number of hydrazone groups is 1. The molecule has 2 heterocycles. The number of thioether (sulfide) groups is 1. The van der Waals surface area contributed by atoms with Gasteiger partial charge in [-0.15, -0.1) is 0 Å². The quantitative estimate of drug-likeness (QED) is 0.512. The van der Waals surface area contributed by atoms with Crippen LogP contribution in [0.25, 0.3) is 0 Å². The van der Waals surface area contributed by atoms with Crippen LogP contribution >= 0.6 is 11.8 Å². The summed E-state index contributed by atoms with van der Waals surface area (Å²) in [6.45, 7) is 0. The number of nitrogens with zero attached hydrogens (tertiary/aromatic N) is 3. The molecular weight excluding hydrogens is 479 g/mol. The number of hydrogen-bond acceptors (Lipinski definition) is 6. The number of methoxy groups -OCH3 is 1. The van der Waals surface area contributed by atoms with E-state index in [1.165, 1.54) is 23.9 Å². The van der Waals surface area contributed by atoms with Crippen LogP contribution in [0.4, 0.5) is 10.1 Å². The van der Waals surface area contributed by atoms with Crippen molar-refractivity contribution in [3.8, 4) is 5.75 Å². The van der Waals surface area contributed by atoms with Gasteiger partial charge in [0.2, 0.25) is 5.91 Å². The Hall–Kier alpha value is -3.98. The fraction of sp³-hybridized carbons (Fsp3) is 0.185. The Labute approximate surface area is 212 Å². The molecule has 1 N–H and O–H groups in total. The van der Waals surface area contributed by atoms with E-state index < -0.39 is 5.25 Å². The van der Waals surface area contributed by atoms with Gasteiger partial charge in [0.15, 0.2) is 5.17 Å². The second-order valence-corrected chi connectivity index (χ2v) is 9.52. The molecule has 0 bridgehead atoms. The van der Waals surface area contributed by atoms with Crippen molar-refractivity contribution < 1.29 is 18.7 Å². The highest BCUT2D eigenvalue weighted by molar-refractivity contribution is 8.15. The lowest BCUT2D eigenvalue weighted by atomic mass is 9.98. The van der Waals surface area contributed by atoms with Crippen LogP contribution in [0, 0.1) is 5.82 Å². The third kappa shape index (κ3) is 5.16. The van der Waals surface area contributed by atoms with Crippen LogP contribution in [0.5, 0.6) is 5.75 Å². The number of nitrogens with one attached hydrogen (secondary N) is 1. The molecule has 0 unspecified atom stereocenters. The van der Waals surface area contributed by atoms with Crippen molar-refractivity contribution >= 4 is 40.1 Å². The highest BCUT2D eigenvalue weighted by atomic mass is 32.2. The minimum Gasteiger partial charge on any atom is -0.497 e. The number of ether oxygens (including phenoxy) is 1. The Morgan fingerprint density at radius 1 is 1.08 bits per heavy atom. The number of anilines is 1. The molecule has 2 aliphatic rings. The molecule has 0 radical (unpaired) electrons. The molecule has 3 aromatic rings. The van der Waals surface area contributed by atoms with Crippen LogP contribution in [0.2, 0.25) is 0 Å². The van der Waals surface area contributed by atoms with E-state index in [2.05, 4.69) is 10.3 Å². The van der Waals surface area contributed by atoms with Gasteiger partial charge in [-0.05, 0) is 47.5 Å². The van der Waals surface area contributed by atoms with Crippen LogP contribution in [0.3, 0.4) is 0 Å². The average molecular weight is 503 g/mol. The van der Waals surface area contributed by atoms with Gasteiger partial charge in [-0.1, -0.05) is 54.2 Å². The Morgan fingerprint density at radius 3 is 2.50 bits per heavy atom. The first-order valence-corrected chi connectivity index (χ1v) is 12.3. The van der Waals surface area contributed by atoms with E-state index in [4.69, 9.17) is 9.84 Å². The first kappa shape index (κ1) is 23.7. The van der Waals surface area contributed by atoms with Crippen molar-refractivity contribution in [1.29, 1.82) is 0 Å². The molecule has 0 spiro atoms. The van der Waals surface area contributed by atoms with E-state index >= 15 is 0 Å². The highest BCUT2D eigenvalue weighted by Gasteiger charge is 2.39. The SMILES string of the molecule is COc1ccc([C@H]2CC(c3ccc(F)cc3)=NN2C2=NC(=O)[C@H](CC(=O)Nc3ccccc3)S2)cc1. The topological polar surface area (TPSA) is 83.4 Å². The number of rotatable bonds is 6. The molecule has 0 fully saturated rings. The van der Waals surface area contributed by atoms with E-state index in [9.17, 15) is 14.0 Å². The summed E-state index contributed by atoms with van der Waals surface area (Å²) in [5.74, 6) is -0.210. The monoisotopic (exact) mass is 502 g/mol. The van der Waals surface area contributed by atoms with E-state index in [1.54, 1.807) is 36.4 Å². The lowest BCUT2D eigenvalue weighted by Gasteiger charge is -2.23. The highest BCUT2D eigenvalue weighted by Crippen LogP contribution is 2.39. The Kier molecular flexibility index (Phi) is 6.81. The maximum absolute atomic E-state index is 13.5.